The van der Waals surface area contributed by atoms with Crippen LogP contribution in [0.1, 0.15) is 21.5 Å². The third kappa shape index (κ3) is 2.37. The van der Waals surface area contributed by atoms with Gasteiger partial charge in [0.25, 0.3) is 0 Å². The lowest BCUT2D eigenvalue weighted by Gasteiger charge is -2.43. The molecule has 2 aromatic carbocycles. The Hall–Kier alpha value is -3.23. The number of ketones is 1. The highest BCUT2D eigenvalue weighted by Crippen LogP contribution is 2.51. The minimum absolute atomic E-state index is 0.0856. The molecule has 0 fully saturated rings. The number of rotatable bonds is 3. The molecule has 5 rings (SSSR count). The Morgan fingerprint density at radius 2 is 2.10 bits per heavy atom. The van der Waals surface area contributed by atoms with Gasteiger partial charge in [-0.25, -0.2) is 0 Å². The van der Waals surface area contributed by atoms with E-state index in [9.17, 15) is 20.1 Å². The average molecular weight is 412 g/mol. The summed E-state index contributed by atoms with van der Waals surface area (Å²) in [5.74, 6) is 0.508. The largest absolute Gasteiger partial charge is 0.504 e. The maximum Gasteiger partial charge on any atom is 0.206 e. The molecule has 0 amide bonds. The van der Waals surface area contributed by atoms with E-state index in [0.29, 0.717) is 29.1 Å². The van der Waals surface area contributed by atoms with Gasteiger partial charge >= 0.3 is 0 Å². The summed E-state index contributed by atoms with van der Waals surface area (Å²) in [5, 5.41) is 30.9. The minimum atomic E-state index is -2.00. The highest BCUT2D eigenvalue weighted by molar-refractivity contribution is 6.07. The van der Waals surface area contributed by atoms with Crippen molar-refractivity contribution in [1.82, 2.24) is 0 Å². The van der Waals surface area contributed by atoms with Gasteiger partial charge in [-0.2, -0.15) is 0 Å². The van der Waals surface area contributed by atoms with Crippen LogP contribution in [0.15, 0.2) is 36.4 Å². The van der Waals surface area contributed by atoms with Gasteiger partial charge in [0.2, 0.25) is 5.78 Å². The van der Waals surface area contributed by atoms with Crippen LogP contribution >= 0.6 is 0 Å². The number of Topliss-reactive ketones (excluding diaryl/α,β-unsaturated/α-hetero) is 1. The first-order valence-electron chi connectivity index (χ1n) is 9.47. The number of carbonyl (C=O) groups excluding carboxylic acids is 1. The first-order chi connectivity index (χ1) is 14.4. The summed E-state index contributed by atoms with van der Waals surface area (Å²) >= 11 is 0. The van der Waals surface area contributed by atoms with Gasteiger partial charge in [0.1, 0.15) is 30.0 Å². The molecular formula is C22H20O8. The molecule has 8 nitrogen and oxygen atoms in total. The molecule has 2 aromatic rings. The van der Waals surface area contributed by atoms with Crippen LogP contribution in [0.5, 0.6) is 28.7 Å². The maximum atomic E-state index is 13.5. The van der Waals surface area contributed by atoms with Gasteiger partial charge in [-0.15, -0.1) is 0 Å². The van der Waals surface area contributed by atoms with Crippen LogP contribution in [0.3, 0.4) is 0 Å². The first-order valence-corrected chi connectivity index (χ1v) is 9.47. The summed E-state index contributed by atoms with van der Waals surface area (Å²) in [4.78, 5) is 13.5. The van der Waals surface area contributed by atoms with Crippen molar-refractivity contribution in [3.63, 3.8) is 0 Å². The molecule has 0 radical (unpaired) electrons. The third-order valence-corrected chi connectivity index (χ3v) is 5.93. The van der Waals surface area contributed by atoms with E-state index in [2.05, 4.69) is 6.58 Å². The first kappa shape index (κ1) is 18.8. The Balaban J connectivity index is 1.61. The zero-order valence-corrected chi connectivity index (χ0v) is 16.2. The van der Waals surface area contributed by atoms with Gasteiger partial charge in [-0.1, -0.05) is 6.58 Å². The van der Waals surface area contributed by atoms with Gasteiger partial charge in [0, 0.05) is 23.6 Å². The van der Waals surface area contributed by atoms with E-state index < -0.39 is 23.6 Å². The molecule has 0 saturated carbocycles. The SMILES string of the molecule is C=C(CO)[C@@H]1Cc2c(ccc3c2O[C@@H]2COc4cc(O)c(OC)cc4[C@]2(O)C3=O)O1. The monoisotopic (exact) mass is 412 g/mol. The van der Waals surface area contributed by atoms with Crippen molar-refractivity contribution in [3.05, 3.63) is 53.1 Å². The fraction of sp³-hybridized carbons (Fsp3) is 0.318. The van der Waals surface area contributed by atoms with Gasteiger partial charge in [-0.3, -0.25) is 4.79 Å². The molecule has 0 spiro atoms. The highest BCUT2D eigenvalue weighted by Gasteiger charge is 2.56. The van der Waals surface area contributed by atoms with Crippen LogP contribution in [0.4, 0.5) is 0 Å². The van der Waals surface area contributed by atoms with E-state index >= 15 is 0 Å². The number of benzene rings is 2. The fourth-order valence-electron chi connectivity index (χ4n) is 4.26. The number of aliphatic hydroxyl groups is 2. The van der Waals surface area contributed by atoms with Gasteiger partial charge in [0.15, 0.2) is 23.2 Å². The summed E-state index contributed by atoms with van der Waals surface area (Å²) in [6.45, 7) is 3.52. The predicted octanol–water partition coefficient (Wildman–Crippen LogP) is 1.48. The van der Waals surface area contributed by atoms with E-state index in [1.54, 1.807) is 12.1 Å². The van der Waals surface area contributed by atoms with Crippen LogP contribution < -0.4 is 18.9 Å². The minimum Gasteiger partial charge on any atom is -0.504 e. The summed E-state index contributed by atoms with van der Waals surface area (Å²) in [7, 11) is 1.38. The quantitative estimate of drug-likeness (QED) is 0.650. The number of ether oxygens (including phenoxy) is 4. The molecular weight excluding hydrogens is 392 g/mol. The predicted molar refractivity (Wildman–Crippen MR) is 104 cm³/mol. The van der Waals surface area contributed by atoms with Crippen molar-refractivity contribution >= 4 is 5.78 Å². The lowest BCUT2D eigenvalue weighted by molar-refractivity contribution is -0.0802. The Morgan fingerprint density at radius 3 is 2.83 bits per heavy atom. The number of carbonyl (C=O) groups is 1. The van der Waals surface area contributed by atoms with Gasteiger partial charge < -0.3 is 34.3 Å². The van der Waals surface area contributed by atoms with Crippen molar-refractivity contribution in [2.24, 2.45) is 0 Å². The highest BCUT2D eigenvalue weighted by atomic mass is 16.6. The molecule has 0 saturated heterocycles. The molecule has 156 valence electrons. The number of aromatic hydroxyl groups is 1. The number of hydrogen-bond donors (Lipinski definition) is 3. The topological polar surface area (TPSA) is 115 Å². The van der Waals surface area contributed by atoms with Crippen LogP contribution in [-0.4, -0.2) is 53.6 Å². The molecule has 0 bridgehead atoms. The summed E-state index contributed by atoms with van der Waals surface area (Å²) < 4.78 is 22.7. The molecule has 3 atom stereocenters. The van der Waals surface area contributed by atoms with Crippen molar-refractivity contribution < 1.29 is 39.1 Å². The van der Waals surface area contributed by atoms with Crippen LogP contribution in [0, 0.1) is 0 Å². The Kier molecular flexibility index (Phi) is 4.00. The lowest BCUT2D eigenvalue weighted by Crippen LogP contribution is -2.57. The smallest absolute Gasteiger partial charge is 0.206 e. The van der Waals surface area contributed by atoms with Gasteiger partial charge in [0.05, 0.1) is 19.3 Å². The van der Waals surface area contributed by atoms with Gasteiger partial charge in [-0.05, 0) is 23.8 Å². The van der Waals surface area contributed by atoms with E-state index in [1.807, 2.05) is 0 Å². The number of phenols is 1. The molecule has 3 aliphatic heterocycles. The van der Waals surface area contributed by atoms with E-state index in [1.165, 1.54) is 19.2 Å². The lowest BCUT2D eigenvalue weighted by atomic mass is 9.77. The Labute approximate surface area is 171 Å². The van der Waals surface area contributed by atoms with Crippen molar-refractivity contribution in [2.75, 3.05) is 20.3 Å². The molecule has 3 aliphatic rings. The third-order valence-electron chi connectivity index (χ3n) is 5.93. The second kappa shape index (κ2) is 6.38. The van der Waals surface area contributed by atoms with Crippen LogP contribution in [-0.2, 0) is 12.0 Å². The van der Waals surface area contributed by atoms with Crippen LogP contribution in [0.2, 0.25) is 0 Å². The van der Waals surface area contributed by atoms with E-state index in [0.717, 1.165) is 0 Å². The molecule has 0 aromatic heterocycles. The Morgan fingerprint density at radius 1 is 1.30 bits per heavy atom. The fourth-order valence-corrected chi connectivity index (χ4v) is 4.26. The Bertz CT molecular complexity index is 1090. The number of fused-ring (bicyclic) bond motifs is 6. The molecule has 3 heterocycles. The number of methoxy groups -OCH3 is 1. The number of phenolic OH excluding ortho intramolecular Hbond substituents is 1. The van der Waals surface area contributed by atoms with E-state index in [-0.39, 0.29) is 41.6 Å². The average Bonchev–Trinajstić information content (AvgIpc) is 3.19. The van der Waals surface area contributed by atoms with E-state index in [4.69, 9.17) is 18.9 Å². The number of hydrogen-bond acceptors (Lipinski definition) is 8. The van der Waals surface area contributed by atoms with Crippen molar-refractivity contribution in [3.8, 4) is 28.7 Å². The normalized spacial score (nSPS) is 25.6. The van der Waals surface area contributed by atoms with Crippen molar-refractivity contribution in [1.29, 1.82) is 0 Å². The second-order valence-electron chi connectivity index (χ2n) is 7.58. The molecule has 3 N–H and O–H groups in total. The second-order valence-corrected chi connectivity index (χ2v) is 7.58. The molecule has 0 aliphatic carbocycles. The zero-order valence-electron chi connectivity index (χ0n) is 16.2. The number of aliphatic hydroxyl groups excluding tert-OH is 1. The zero-order chi connectivity index (χ0) is 21.2. The molecule has 0 unspecified atom stereocenters. The summed E-state index contributed by atoms with van der Waals surface area (Å²) in [6.07, 6.45) is -1.01. The molecule has 8 heteroatoms. The standard InChI is InChI=1S/C22H20O8/c1-10(8-23)16-5-12-15(29-16)4-3-11-20(12)30-19-9-28-17-7-14(24)18(27-2)6-13(17)22(19,26)21(11)25/h3-4,6-7,16,19,23-24,26H,1,5,8-9H2,2H3/t16-,19+,22+/m0/s1. The summed E-state index contributed by atoms with van der Waals surface area (Å²) in [5.41, 5.74) is -0.376. The summed E-state index contributed by atoms with van der Waals surface area (Å²) in [6, 6.07) is 5.91. The maximum absolute atomic E-state index is 13.5. The molecule has 30 heavy (non-hydrogen) atoms. The van der Waals surface area contributed by atoms with Crippen molar-refractivity contribution in [2.45, 2.75) is 24.2 Å². The van der Waals surface area contributed by atoms with Crippen LogP contribution in [0.25, 0.3) is 0 Å².